The van der Waals surface area contributed by atoms with E-state index in [1.54, 1.807) is 0 Å². The molecule has 0 atom stereocenters. The first-order chi connectivity index (χ1) is 24.4. The summed E-state index contributed by atoms with van der Waals surface area (Å²) >= 11 is 0. The van der Waals surface area contributed by atoms with E-state index < -0.39 is 21.3 Å². The Balaban J connectivity index is 0.000000197. The van der Waals surface area contributed by atoms with Crippen LogP contribution in [-0.4, -0.2) is 46.2 Å². The Morgan fingerprint density at radius 2 is 0.660 bits per heavy atom. The van der Waals surface area contributed by atoms with Crippen molar-refractivity contribution in [2.45, 2.75) is 11.2 Å². The van der Waals surface area contributed by atoms with Crippen LogP contribution in [0.25, 0.3) is 0 Å². The Bertz CT molecular complexity index is 1750. The Hall–Kier alpha value is -4.89. The first-order valence-corrected chi connectivity index (χ1v) is 18.3. The molecule has 0 spiro atoms. The first-order valence-electron chi connectivity index (χ1n) is 16.5. The molecule has 7 heteroatoms. The van der Waals surface area contributed by atoms with Crippen molar-refractivity contribution in [1.29, 1.82) is 0 Å². The largest absolute Gasteiger partial charge is 0.394 e. The molecule has 0 heterocycles. The molecule has 0 unspecified atom stereocenters. The molecule has 1 N–H and O–H groups in total. The Kier molecular flexibility index (Phi) is 12.9. The van der Waals surface area contributed by atoms with Gasteiger partial charge in [-0.3, -0.25) is 4.18 Å². The van der Waals surface area contributed by atoms with Gasteiger partial charge in [-0.2, -0.15) is 8.42 Å². The Labute approximate surface area is 295 Å². The summed E-state index contributed by atoms with van der Waals surface area (Å²) < 4.78 is 40.1. The second kappa shape index (κ2) is 17.7. The van der Waals surface area contributed by atoms with Crippen LogP contribution in [-0.2, 0) is 35.0 Å². The van der Waals surface area contributed by atoms with Gasteiger partial charge in [-0.25, -0.2) is 0 Å². The van der Waals surface area contributed by atoms with Gasteiger partial charge in [-0.15, -0.1) is 0 Å². The molecule has 0 aromatic heterocycles. The van der Waals surface area contributed by atoms with Crippen molar-refractivity contribution in [3.63, 3.8) is 0 Å². The highest BCUT2D eigenvalue weighted by molar-refractivity contribution is 7.85. The molecule has 256 valence electrons. The molecule has 0 aliphatic rings. The van der Waals surface area contributed by atoms with Crippen LogP contribution in [0.3, 0.4) is 0 Å². The van der Waals surface area contributed by atoms with Crippen molar-refractivity contribution in [2.75, 3.05) is 32.7 Å². The van der Waals surface area contributed by atoms with Gasteiger partial charge < -0.3 is 14.6 Å². The predicted molar refractivity (Wildman–Crippen MR) is 198 cm³/mol. The van der Waals surface area contributed by atoms with E-state index in [-0.39, 0.29) is 26.4 Å². The van der Waals surface area contributed by atoms with Crippen LogP contribution < -0.4 is 0 Å². The number of rotatable bonds is 14. The molecule has 0 saturated heterocycles. The molecule has 0 amide bonds. The molecule has 0 fully saturated rings. The highest BCUT2D eigenvalue weighted by atomic mass is 32.2. The third-order valence-corrected chi connectivity index (χ3v) is 8.79. The van der Waals surface area contributed by atoms with E-state index in [1.807, 2.05) is 146 Å². The molecule has 6 nitrogen and oxygen atoms in total. The van der Waals surface area contributed by atoms with Crippen LogP contribution >= 0.6 is 0 Å². The average molecular weight is 687 g/mol. The lowest BCUT2D eigenvalue weighted by atomic mass is 9.80. The molecule has 6 aromatic rings. The first kappa shape index (κ1) is 36.4. The summed E-state index contributed by atoms with van der Waals surface area (Å²) in [6.07, 6.45) is 1.03. The van der Waals surface area contributed by atoms with E-state index in [4.69, 9.17) is 13.7 Å². The maximum Gasteiger partial charge on any atom is 0.264 e. The number of aliphatic hydroxyl groups excluding tert-OH is 1. The van der Waals surface area contributed by atoms with Gasteiger partial charge in [0.05, 0.1) is 32.7 Å². The third kappa shape index (κ3) is 8.82. The van der Waals surface area contributed by atoms with E-state index in [0.717, 1.165) is 39.6 Å². The Morgan fingerprint density at radius 3 is 0.880 bits per heavy atom. The van der Waals surface area contributed by atoms with Gasteiger partial charge in [-0.1, -0.05) is 182 Å². The molecule has 6 aromatic carbocycles. The molecule has 0 aliphatic heterocycles. The molecule has 0 aliphatic carbocycles. The SMILES string of the molecule is CS(=O)(=O)OCCOC(c1ccccc1)(c1ccccc1)c1ccccc1.OCCOC(c1ccccc1)(c1ccccc1)c1ccccc1. The molecule has 0 saturated carbocycles. The smallest absolute Gasteiger partial charge is 0.264 e. The molecule has 6 rings (SSSR count). The van der Waals surface area contributed by atoms with Gasteiger partial charge >= 0.3 is 0 Å². The van der Waals surface area contributed by atoms with Gasteiger partial charge in [0.15, 0.2) is 0 Å². The number of ether oxygens (including phenoxy) is 2. The topological polar surface area (TPSA) is 82.1 Å². The summed E-state index contributed by atoms with van der Waals surface area (Å²) in [5.74, 6) is 0. The highest BCUT2D eigenvalue weighted by Gasteiger charge is 2.38. The summed E-state index contributed by atoms with van der Waals surface area (Å²) in [4.78, 5) is 0. The van der Waals surface area contributed by atoms with Gasteiger partial charge in [-0.05, 0) is 33.4 Å². The summed E-state index contributed by atoms with van der Waals surface area (Å²) in [5.41, 5.74) is 4.42. The minimum Gasteiger partial charge on any atom is -0.394 e. The lowest BCUT2D eigenvalue weighted by molar-refractivity contribution is -0.00644. The number of hydrogen-bond acceptors (Lipinski definition) is 6. The molecule has 50 heavy (non-hydrogen) atoms. The van der Waals surface area contributed by atoms with Gasteiger partial charge in [0.1, 0.15) is 11.2 Å². The van der Waals surface area contributed by atoms with Gasteiger partial charge in [0.25, 0.3) is 10.1 Å². The minimum absolute atomic E-state index is 0.0196. The molecule has 0 radical (unpaired) electrons. The minimum atomic E-state index is -3.52. The fourth-order valence-corrected chi connectivity index (χ4v) is 6.49. The van der Waals surface area contributed by atoms with Crippen LogP contribution in [0.1, 0.15) is 33.4 Å². The molecule has 0 bridgehead atoms. The zero-order chi connectivity index (χ0) is 35.1. The van der Waals surface area contributed by atoms with Crippen LogP contribution in [0, 0.1) is 0 Å². The van der Waals surface area contributed by atoms with E-state index >= 15 is 0 Å². The maximum atomic E-state index is 11.3. The third-order valence-electron chi connectivity index (χ3n) is 8.19. The molecular weight excluding hydrogens is 645 g/mol. The Morgan fingerprint density at radius 1 is 0.420 bits per heavy atom. The van der Waals surface area contributed by atoms with Gasteiger partial charge in [0.2, 0.25) is 0 Å². The van der Waals surface area contributed by atoms with E-state index in [9.17, 15) is 13.5 Å². The fourth-order valence-electron chi connectivity index (χ4n) is 6.12. The number of benzene rings is 6. The number of hydrogen-bond donors (Lipinski definition) is 1. The molecular formula is C43H42O6S. The highest BCUT2D eigenvalue weighted by Crippen LogP contribution is 2.41. The lowest BCUT2D eigenvalue weighted by Gasteiger charge is -2.35. The quantitative estimate of drug-likeness (QED) is 0.0712. The average Bonchev–Trinajstić information content (AvgIpc) is 3.17. The summed E-state index contributed by atoms with van der Waals surface area (Å²) in [6.45, 7) is 0.311. The zero-order valence-electron chi connectivity index (χ0n) is 28.0. The van der Waals surface area contributed by atoms with E-state index in [2.05, 4.69) is 36.4 Å². The van der Waals surface area contributed by atoms with Crippen LogP contribution in [0.15, 0.2) is 182 Å². The standard InChI is InChI=1S/C22H22O4S.C21H20O2/c1-27(23,24)26-18-17-25-22(19-11-5-2-6-12-19,20-13-7-3-8-14-20)21-15-9-4-10-16-21;22-16-17-23-21(18-10-4-1-5-11-18,19-12-6-2-7-13-19)20-14-8-3-9-15-20/h2-16H,17-18H2,1H3;1-15,22H,16-17H2. The summed E-state index contributed by atoms with van der Waals surface area (Å²) in [6, 6.07) is 60.2. The van der Waals surface area contributed by atoms with Crippen molar-refractivity contribution in [3.05, 3.63) is 215 Å². The monoisotopic (exact) mass is 686 g/mol. The van der Waals surface area contributed by atoms with Crippen molar-refractivity contribution in [2.24, 2.45) is 0 Å². The van der Waals surface area contributed by atoms with Crippen molar-refractivity contribution >= 4 is 10.1 Å². The van der Waals surface area contributed by atoms with E-state index in [0.29, 0.717) is 0 Å². The predicted octanol–water partition coefficient (Wildman–Crippen LogP) is 7.96. The van der Waals surface area contributed by atoms with Crippen LogP contribution in [0.5, 0.6) is 0 Å². The van der Waals surface area contributed by atoms with Crippen LogP contribution in [0.2, 0.25) is 0 Å². The van der Waals surface area contributed by atoms with Crippen molar-refractivity contribution in [1.82, 2.24) is 0 Å². The normalized spacial score (nSPS) is 11.7. The summed E-state index contributed by atoms with van der Waals surface area (Å²) in [5, 5.41) is 9.35. The number of aliphatic hydroxyl groups is 1. The van der Waals surface area contributed by atoms with E-state index in [1.165, 1.54) is 0 Å². The second-order valence-corrected chi connectivity index (χ2v) is 13.1. The van der Waals surface area contributed by atoms with Crippen molar-refractivity contribution < 1.29 is 27.2 Å². The van der Waals surface area contributed by atoms with Crippen LogP contribution in [0.4, 0.5) is 0 Å². The summed E-state index contributed by atoms with van der Waals surface area (Å²) in [7, 11) is -3.52. The second-order valence-electron chi connectivity index (χ2n) is 11.5. The van der Waals surface area contributed by atoms with Gasteiger partial charge in [0, 0.05) is 0 Å². The maximum absolute atomic E-state index is 11.3. The fraction of sp³-hybridized carbons (Fsp3) is 0.163. The zero-order valence-corrected chi connectivity index (χ0v) is 28.9. The lowest BCUT2D eigenvalue weighted by Crippen LogP contribution is -2.34. The van der Waals surface area contributed by atoms with Crippen molar-refractivity contribution in [3.8, 4) is 0 Å².